The predicted octanol–water partition coefficient (Wildman–Crippen LogP) is 13.5. The first-order valence-corrected chi connectivity index (χ1v) is 19.1. The summed E-state index contributed by atoms with van der Waals surface area (Å²) in [7, 11) is 0. The number of fused-ring (bicyclic) bond motifs is 14. The molecule has 0 atom stereocenters. The van der Waals surface area contributed by atoms with Crippen LogP contribution < -0.4 is 5.32 Å². The van der Waals surface area contributed by atoms with Gasteiger partial charge in [-0.15, -0.1) is 0 Å². The highest BCUT2D eigenvalue weighted by molar-refractivity contribution is 6.26. The second kappa shape index (κ2) is 11.9. The molecule has 4 aromatic heterocycles. The summed E-state index contributed by atoms with van der Waals surface area (Å²) >= 11 is 0. The molecular weight excluding hydrogens is 715 g/mol. The molecule has 1 N–H and O–H groups in total. The molecular formula is C51H29N5O2. The Morgan fingerprint density at radius 3 is 1.50 bits per heavy atom. The van der Waals surface area contributed by atoms with Gasteiger partial charge in [-0.2, -0.15) is 10.5 Å². The SMILES string of the molecule is Cc1ccccc1Nc1c(C#N)cc(C#N)c(-n2c3ccccc3c3c4oc5ccccc5c4ccc32)c1-n1c2ccccc2c2c3oc4ccccc4c3ccc21. The van der Waals surface area contributed by atoms with E-state index in [4.69, 9.17) is 8.83 Å². The van der Waals surface area contributed by atoms with E-state index >= 15 is 0 Å². The number of aryl methyl sites for hydroxylation is 1. The molecule has 12 aromatic rings. The lowest BCUT2D eigenvalue weighted by Gasteiger charge is -2.24. The molecule has 0 aliphatic carbocycles. The Hall–Kier alpha value is -8.26. The first-order chi connectivity index (χ1) is 28.6. The fourth-order valence-corrected chi connectivity index (χ4v) is 9.20. The third-order valence-corrected chi connectivity index (χ3v) is 11.7. The van der Waals surface area contributed by atoms with Crippen molar-refractivity contribution >= 4 is 98.9 Å². The highest BCUT2D eigenvalue weighted by Gasteiger charge is 2.29. The third-order valence-electron chi connectivity index (χ3n) is 11.7. The molecule has 7 heteroatoms. The smallest absolute Gasteiger partial charge is 0.145 e. The van der Waals surface area contributed by atoms with Crippen LogP contribution in [0.4, 0.5) is 11.4 Å². The summed E-state index contributed by atoms with van der Waals surface area (Å²) in [5, 5.41) is 33.9. The maximum absolute atomic E-state index is 11.2. The molecule has 0 spiro atoms. The van der Waals surface area contributed by atoms with Gasteiger partial charge in [0.2, 0.25) is 0 Å². The lowest BCUT2D eigenvalue weighted by molar-refractivity contribution is 0.672. The van der Waals surface area contributed by atoms with E-state index in [1.165, 1.54) is 0 Å². The Morgan fingerprint density at radius 1 is 0.466 bits per heavy atom. The number of nitrogens with one attached hydrogen (secondary N) is 1. The first kappa shape index (κ1) is 32.0. The average molecular weight is 744 g/mol. The Bertz CT molecular complexity index is 3820. The number of benzene rings is 8. The molecule has 8 aromatic carbocycles. The van der Waals surface area contributed by atoms with Crippen molar-refractivity contribution in [2.75, 3.05) is 5.32 Å². The van der Waals surface area contributed by atoms with E-state index in [-0.39, 0.29) is 0 Å². The van der Waals surface area contributed by atoms with Crippen molar-refractivity contribution in [1.29, 1.82) is 10.5 Å². The summed E-state index contributed by atoms with van der Waals surface area (Å²) in [4.78, 5) is 0. The van der Waals surface area contributed by atoms with Crippen LogP contribution in [0.3, 0.4) is 0 Å². The average Bonchev–Trinajstić information content (AvgIpc) is 4.01. The summed E-state index contributed by atoms with van der Waals surface area (Å²) in [5.74, 6) is 0. The van der Waals surface area contributed by atoms with Crippen LogP contribution in [0.1, 0.15) is 16.7 Å². The molecule has 0 unspecified atom stereocenters. The van der Waals surface area contributed by atoms with E-state index in [1.54, 1.807) is 6.07 Å². The number of para-hydroxylation sites is 5. The number of hydrogen-bond acceptors (Lipinski definition) is 5. The summed E-state index contributed by atoms with van der Waals surface area (Å²) in [6, 6.07) is 56.0. The minimum Gasteiger partial charge on any atom is -0.455 e. The van der Waals surface area contributed by atoms with Crippen LogP contribution in [0.2, 0.25) is 0 Å². The van der Waals surface area contributed by atoms with Crippen molar-refractivity contribution in [2.24, 2.45) is 0 Å². The van der Waals surface area contributed by atoms with Crippen molar-refractivity contribution in [2.45, 2.75) is 6.92 Å². The zero-order valence-electron chi connectivity index (χ0n) is 31.0. The minimum atomic E-state index is 0.342. The van der Waals surface area contributed by atoms with E-state index in [1.807, 2.05) is 91.9 Å². The molecule has 0 bridgehead atoms. The molecule has 12 rings (SSSR count). The van der Waals surface area contributed by atoms with Gasteiger partial charge in [-0.25, -0.2) is 0 Å². The standard InChI is InChI=1S/C51H29N5O2/c1-29-12-2-7-17-38(29)54-47-30(27-52)26-31(28-53)48(55-39-18-8-3-15-36(39)45-41(55)24-22-34-32-13-5-10-20-43(32)57-50(34)45)49(47)56-40-19-9-4-16-37(40)46-42(56)25-23-35-33-14-6-11-21-44(33)58-51(35)46/h2-26,54H,1H3. The van der Waals surface area contributed by atoms with E-state index < -0.39 is 0 Å². The summed E-state index contributed by atoms with van der Waals surface area (Å²) in [6.07, 6.45) is 0. The summed E-state index contributed by atoms with van der Waals surface area (Å²) in [6.45, 7) is 2.04. The third kappa shape index (κ3) is 4.25. The van der Waals surface area contributed by atoms with Gasteiger partial charge in [0, 0.05) is 38.0 Å². The van der Waals surface area contributed by atoms with E-state index in [9.17, 15) is 10.5 Å². The van der Waals surface area contributed by atoms with Gasteiger partial charge >= 0.3 is 0 Å². The Labute approximate surface area is 330 Å². The lowest BCUT2D eigenvalue weighted by Crippen LogP contribution is -2.11. The zero-order valence-corrected chi connectivity index (χ0v) is 31.0. The van der Waals surface area contributed by atoms with Crippen molar-refractivity contribution in [1.82, 2.24) is 9.13 Å². The van der Waals surface area contributed by atoms with Gasteiger partial charge < -0.3 is 23.3 Å². The maximum atomic E-state index is 11.2. The topological polar surface area (TPSA) is 95.7 Å². The number of furan rings is 2. The Balaban J connectivity index is 1.31. The predicted molar refractivity (Wildman–Crippen MR) is 234 cm³/mol. The molecule has 0 aliphatic heterocycles. The fraction of sp³-hybridized carbons (Fsp3) is 0.0196. The van der Waals surface area contributed by atoms with Crippen molar-refractivity contribution in [3.8, 4) is 23.5 Å². The van der Waals surface area contributed by atoms with Gasteiger partial charge in [0.05, 0.1) is 61.0 Å². The summed E-state index contributed by atoms with van der Waals surface area (Å²) < 4.78 is 17.7. The fourth-order valence-electron chi connectivity index (χ4n) is 9.20. The molecule has 0 radical (unpaired) electrons. The maximum Gasteiger partial charge on any atom is 0.145 e. The molecule has 4 heterocycles. The first-order valence-electron chi connectivity index (χ1n) is 19.1. The van der Waals surface area contributed by atoms with Crippen molar-refractivity contribution in [3.05, 3.63) is 168 Å². The Kier molecular flexibility index (Phi) is 6.55. The number of aromatic nitrogens is 2. The van der Waals surface area contributed by atoms with E-state index in [0.717, 1.165) is 98.7 Å². The second-order valence-corrected chi connectivity index (χ2v) is 14.8. The van der Waals surface area contributed by atoms with Crippen molar-refractivity contribution < 1.29 is 8.83 Å². The molecule has 270 valence electrons. The van der Waals surface area contributed by atoms with Gasteiger partial charge in [-0.05, 0) is 73.2 Å². The quantitative estimate of drug-likeness (QED) is 0.194. The van der Waals surface area contributed by atoms with Gasteiger partial charge in [-0.3, -0.25) is 0 Å². The Morgan fingerprint density at radius 2 is 0.948 bits per heavy atom. The van der Waals surface area contributed by atoms with E-state index in [2.05, 4.69) is 87.3 Å². The van der Waals surface area contributed by atoms with Crippen LogP contribution in [-0.2, 0) is 0 Å². The zero-order chi connectivity index (χ0) is 38.6. The molecule has 58 heavy (non-hydrogen) atoms. The highest BCUT2D eigenvalue weighted by Crippen LogP contribution is 2.48. The van der Waals surface area contributed by atoms with Gasteiger partial charge in [0.15, 0.2) is 0 Å². The van der Waals surface area contributed by atoms with Crippen molar-refractivity contribution in [3.63, 3.8) is 0 Å². The lowest BCUT2D eigenvalue weighted by atomic mass is 10.0. The second-order valence-electron chi connectivity index (χ2n) is 14.8. The molecule has 0 aliphatic rings. The van der Waals surface area contributed by atoms with Crippen LogP contribution in [-0.4, -0.2) is 9.13 Å². The number of anilines is 2. The molecule has 7 nitrogen and oxygen atoms in total. The molecule has 0 amide bonds. The van der Waals surface area contributed by atoms with Gasteiger partial charge in [0.1, 0.15) is 34.5 Å². The molecule has 0 saturated heterocycles. The highest BCUT2D eigenvalue weighted by atomic mass is 16.3. The van der Waals surface area contributed by atoms with Crippen LogP contribution >= 0.6 is 0 Å². The summed E-state index contributed by atoms with van der Waals surface area (Å²) in [5.41, 5.74) is 11.2. The molecule has 0 fully saturated rings. The number of nitriles is 2. The number of hydrogen-bond donors (Lipinski definition) is 1. The largest absolute Gasteiger partial charge is 0.455 e. The van der Waals surface area contributed by atoms with Crippen LogP contribution in [0.5, 0.6) is 0 Å². The van der Waals surface area contributed by atoms with Gasteiger partial charge in [0.25, 0.3) is 0 Å². The normalized spacial score (nSPS) is 11.8. The van der Waals surface area contributed by atoms with Gasteiger partial charge in [-0.1, -0.05) is 91.0 Å². The minimum absolute atomic E-state index is 0.342. The monoisotopic (exact) mass is 743 g/mol. The van der Waals surface area contributed by atoms with E-state index in [0.29, 0.717) is 28.2 Å². The molecule has 0 saturated carbocycles. The van der Waals surface area contributed by atoms with Crippen LogP contribution in [0.15, 0.2) is 160 Å². The van der Waals surface area contributed by atoms with Crippen LogP contribution in [0.25, 0.3) is 98.9 Å². The van der Waals surface area contributed by atoms with Crippen LogP contribution in [0, 0.1) is 29.6 Å². The number of rotatable bonds is 4. The number of nitrogens with zero attached hydrogens (tertiary/aromatic N) is 4.